The van der Waals surface area contributed by atoms with E-state index < -0.39 is 6.10 Å². The van der Waals surface area contributed by atoms with Crippen LogP contribution >= 0.6 is 0 Å². The van der Waals surface area contributed by atoms with Gasteiger partial charge in [-0.25, -0.2) is 4.98 Å². The molecular weight excluding hydrogens is 194 g/mol. The molecular formula is C10H17N3O2. The van der Waals surface area contributed by atoms with Gasteiger partial charge in [0.2, 0.25) is 11.8 Å². The Morgan fingerprint density at radius 1 is 1.53 bits per heavy atom. The van der Waals surface area contributed by atoms with Gasteiger partial charge in [-0.1, -0.05) is 0 Å². The molecule has 84 valence electrons. The molecule has 0 bridgehead atoms. The highest BCUT2D eigenvalue weighted by molar-refractivity contribution is 5.30. The highest BCUT2D eigenvalue weighted by Crippen LogP contribution is 2.11. The first kappa shape index (κ1) is 11.7. The van der Waals surface area contributed by atoms with Crippen molar-refractivity contribution in [1.29, 1.82) is 0 Å². The zero-order valence-corrected chi connectivity index (χ0v) is 9.32. The molecule has 1 heterocycles. The van der Waals surface area contributed by atoms with Crippen LogP contribution < -0.4 is 10.1 Å². The Balaban J connectivity index is 2.70. The van der Waals surface area contributed by atoms with E-state index in [1.54, 1.807) is 13.0 Å². The van der Waals surface area contributed by atoms with Gasteiger partial charge in [0.1, 0.15) is 0 Å². The van der Waals surface area contributed by atoms with Gasteiger partial charge in [-0.15, -0.1) is 0 Å². The molecule has 1 aromatic rings. The topological polar surface area (TPSA) is 67.3 Å². The van der Waals surface area contributed by atoms with Crippen LogP contribution in [0.25, 0.3) is 0 Å². The predicted molar refractivity (Wildman–Crippen MR) is 58.1 cm³/mol. The van der Waals surface area contributed by atoms with Crippen LogP contribution in [-0.2, 0) is 0 Å². The fourth-order valence-electron chi connectivity index (χ4n) is 1.08. The summed E-state index contributed by atoms with van der Waals surface area (Å²) in [5, 5.41) is 12.0. The highest BCUT2D eigenvalue weighted by Gasteiger charge is 2.03. The SMILES string of the molecule is CCOc1cc(C)nc(NCC(C)O)n1. The van der Waals surface area contributed by atoms with E-state index in [2.05, 4.69) is 15.3 Å². The lowest BCUT2D eigenvalue weighted by atomic mass is 10.4. The van der Waals surface area contributed by atoms with Gasteiger partial charge in [0, 0.05) is 18.3 Å². The van der Waals surface area contributed by atoms with Crippen LogP contribution in [0.1, 0.15) is 19.5 Å². The maximum absolute atomic E-state index is 9.11. The normalized spacial score (nSPS) is 12.3. The maximum Gasteiger partial charge on any atom is 0.226 e. The summed E-state index contributed by atoms with van der Waals surface area (Å²) >= 11 is 0. The van der Waals surface area contributed by atoms with Crippen LogP contribution in [0, 0.1) is 6.92 Å². The van der Waals surface area contributed by atoms with E-state index in [0.717, 1.165) is 5.69 Å². The second-order valence-corrected chi connectivity index (χ2v) is 3.33. The Labute approximate surface area is 89.5 Å². The summed E-state index contributed by atoms with van der Waals surface area (Å²) in [6, 6.07) is 1.77. The molecule has 1 rings (SSSR count). The van der Waals surface area contributed by atoms with Crippen molar-refractivity contribution in [3.63, 3.8) is 0 Å². The van der Waals surface area contributed by atoms with Crippen molar-refractivity contribution in [1.82, 2.24) is 9.97 Å². The van der Waals surface area contributed by atoms with Gasteiger partial charge in [-0.3, -0.25) is 0 Å². The lowest BCUT2D eigenvalue weighted by molar-refractivity contribution is 0.208. The molecule has 0 aromatic carbocycles. The number of aliphatic hydroxyl groups excluding tert-OH is 1. The third kappa shape index (κ3) is 4.12. The standard InChI is InChI=1S/C10H17N3O2/c1-4-15-9-5-7(2)12-10(13-9)11-6-8(3)14/h5,8,14H,4,6H2,1-3H3,(H,11,12,13). The van der Waals surface area contributed by atoms with E-state index in [1.807, 2.05) is 13.8 Å². The second-order valence-electron chi connectivity index (χ2n) is 3.33. The van der Waals surface area contributed by atoms with Crippen LogP contribution in [0.3, 0.4) is 0 Å². The number of anilines is 1. The molecule has 0 fully saturated rings. The van der Waals surface area contributed by atoms with Crippen LogP contribution in [0.2, 0.25) is 0 Å². The number of hydrogen-bond donors (Lipinski definition) is 2. The number of nitrogens with zero attached hydrogens (tertiary/aromatic N) is 2. The summed E-state index contributed by atoms with van der Waals surface area (Å²) in [6.07, 6.45) is -0.426. The number of nitrogens with one attached hydrogen (secondary N) is 1. The molecule has 0 aliphatic heterocycles. The quantitative estimate of drug-likeness (QED) is 0.759. The summed E-state index contributed by atoms with van der Waals surface area (Å²) in [5.74, 6) is 1.04. The summed E-state index contributed by atoms with van der Waals surface area (Å²) in [5.41, 5.74) is 0.835. The van der Waals surface area contributed by atoms with Gasteiger partial charge < -0.3 is 15.2 Å². The Morgan fingerprint density at radius 3 is 2.87 bits per heavy atom. The van der Waals surface area contributed by atoms with Crippen molar-refractivity contribution < 1.29 is 9.84 Å². The number of rotatable bonds is 5. The molecule has 1 aromatic heterocycles. The minimum Gasteiger partial charge on any atom is -0.478 e. The van der Waals surface area contributed by atoms with E-state index >= 15 is 0 Å². The average molecular weight is 211 g/mol. The van der Waals surface area contributed by atoms with E-state index in [0.29, 0.717) is 25.0 Å². The molecule has 1 atom stereocenters. The van der Waals surface area contributed by atoms with E-state index in [4.69, 9.17) is 9.84 Å². The fourth-order valence-corrected chi connectivity index (χ4v) is 1.08. The Kier molecular flexibility index (Phi) is 4.30. The van der Waals surface area contributed by atoms with Crippen LogP contribution in [0.5, 0.6) is 5.88 Å². The third-order valence-electron chi connectivity index (χ3n) is 1.68. The van der Waals surface area contributed by atoms with Crippen LogP contribution in [0.15, 0.2) is 6.07 Å². The molecule has 5 nitrogen and oxygen atoms in total. The van der Waals surface area contributed by atoms with Gasteiger partial charge in [0.15, 0.2) is 0 Å². The zero-order chi connectivity index (χ0) is 11.3. The smallest absolute Gasteiger partial charge is 0.226 e. The van der Waals surface area contributed by atoms with Gasteiger partial charge in [0.25, 0.3) is 0 Å². The molecule has 0 radical (unpaired) electrons. The predicted octanol–water partition coefficient (Wildman–Crippen LogP) is 0.976. The van der Waals surface area contributed by atoms with E-state index in [9.17, 15) is 0 Å². The van der Waals surface area contributed by atoms with Gasteiger partial charge in [-0.05, 0) is 20.8 Å². The first-order valence-electron chi connectivity index (χ1n) is 5.02. The van der Waals surface area contributed by atoms with Crippen LogP contribution in [-0.4, -0.2) is 34.3 Å². The third-order valence-corrected chi connectivity index (χ3v) is 1.68. The minimum absolute atomic E-state index is 0.426. The van der Waals surface area contributed by atoms with Crippen molar-refractivity contribution in [2.45, 2.75) is 26.9 Å². The summed E-state index contributed by atoms with van der Waals surface area (Å²) in [7, 11) is 0. The first-order chi connectivity index (χ1) is 7.11. The molecule has 0 aliphatic carbocycles. The van der Waals surface area contributed by atoms with Crippen LogP contribution in [0.4, 0.5) is 5.95 Å². The van der Waals surface area contributed by atoms with Crippen molar-refractivity contribution in [2.75, 3.05) is 18.5 Å². The lowest BCUT2D eigenvalue weighted by Gasteiger charge is -2.09. The highest BCUT2D eigenvalue weighted by atomic mass is 16.5. The molecule has 15 heavy (non-hydrogen) atoms. The van der Waals surface area contributed by atoms with Gasteiger partial charge >= 0.3 is 0 Å². The van der Waals surface area contributed by atoms with Gasteiger partial charge in [0.05, 0.1) is 12.7 Å². The molecule has 0 aliphatic rings. The van der Waals surface area contributed by atoms with Crippen molar-refractivity contribution in [2.24, 2.45) is 0 Å². The molecule has 0 saturated heterocycles. The summed E-state index contributed by atoms with van der Waals surface area (Å²) < 4.78 is 5.28. The molecule has 5 heteroatoms. The van der Waals surface area contributed by atoms with Gasteiger partial charge in [-0.2, -0.15) is 4.98 Å². The molecule has 0 saturated carbocycles. The number of aromatic nitrogens is 2. The first-order valence-corrected chi connectivity index (χ1v) is 5.02. The average Bonchev–Trinajstić information content (AvgIpc) is 2.14. The Hall–Kier alpha value is -1.36. The number of hydrogen-bond acceptors (Lipinski definition) is 5. The summed E-state index contributed by atoms with van der Waals surface area (Å²) in [4.78, 5) is 8.31. The van der Waals surface area contributed by atoms with Crippen molar-refractivity contribution in [3.05, 3.63) is 11.8 Å². The summed E-state index contributed by atoms with van der Waals surface area (Å²) in [6.45, 7) is 6.48. The number of ether oxygens (including phenoxy) is 1. The number of aryl methyl sites for hydroxylation is 1. The monoisotopic (exact) mass is 211 g/mol. The van der Waals surface area contributed by atoms with Crippen molar-refractivity contribution >= 4 is 5.95 Å². The molecule has 1 unspecified atom stereocenters. The minimum atomic E-state index is -0.426. The lowest BCUT2D eigenvalue weighted by Crippen LogP contribution is -2.17. The van der Waals surface area contributed by atoms with E-state index in [1.165, 1.54) is 0 Å². The molecule has 2 N–H and O–H groups in total. The fraction of sp³-hybridized carbons (Fsp3) is 0.600. The Morgan fingerprint density at radius 2 is 2.27 bits per heavy atom. The molecule has 0 amide bonds. The largest absolute Gasteiger partial charge is 0.478 e. The van der Waals surface area contributed by atoms with E-state index in [-0.39, 0.29) is 0 Å². The Bertz CT molecular complexity index is 316. The van der Waals surface area contributed by atoms with Crippen molar-refractivity contribution in [3.8, 4) is 5.88 Å². The number of aliphatic hydroxyl groups is 1. The maximum atomic E-state index is 9.11. The second kappa shape index (κ2) is 5.50. The molecule has 0 spiro atoms. The zero-order valence-electron chi connectivity index (χ0n) is 9.32.